The third-order valence-corrected chi connectivity index (χ3v) is 2.80. The zero-order valence-electron chi connectivity index (χ0n) is 11.2. The Morgan fingerprint density at radius 2 is 1.94 bits per heavy atom. The van der Waals surface area contributed by atoms with Crippen molar-refractivity contribution in [2.24, 2.45) is 0 Å². The summed E-state index contributed by atoms with van der Waals surface area (Å²) in [6, 6.07) is 9.60. The third-order valence-electron chi connectivity index (χ3n) is 2.80. The van der Waals surface area contributed by atoms with Gasteiger partial charge in [-0.1, -0.05) is 57.0 Å². The van der Waals surface area contributed by atoms with Crippen molar-refractivity contribution in [1.29, 1.82) is 0 Å². The van der Waals surface area contributed by atoms with Crippen LogP contribution < -0.4 is 0 Å². The summed E-state index contributed by atoms with van der Waals surface area (Å²) in [7, 11) is 0. The van der Waals surface area contributed by atoms with Crippen LogP contribution in [0.1, 0.15) is 45.1 Å². The molecule has 0 saturated heterocycles. The molecule has 0 fully saturated rings. The first-order valence-corrected chi connectivity index (χ1v) is 6.63. The highest BCUT2D eigenvalue weighted by atomic mass is 16.7. The molecular weight excluding hydrogens is 228 g/mol. The van der Waals surface area contributed by atoms with Crippen molar-refractivity contribution in [2.45, 2.75) is 52.2 Å². The maximum atomic E-state index is 11.5. The van der Waals surface area contributed by atoms with Gasteiger partial charge in [0.1, 0.15) is 12.7 Å². The van der Waals surface area contributed by atoms with E-state index < -0.39 is 6.16 Å². The summed E-state index contributed by atoms with van der Waals surface area (Å²) >= 11 is 0. The minimum absolute atomic E-state index is 0.0202. The fraction of sp³-hybridized carbons (Fsp3) is 0.533. The number of ether oxygens (including phenoxy) is 2. The molecule has 18 heavy (non-hydrogen) atoms. The zero-order valence-corrected chi connectivity index (χ0v) is 11.2. The fourth-order valence-electron chi connectivity index (χ4n) is 1.66. The Hall–Kier alpha value is -1.51. The quantitative estimate of drug-likeness (QED) is 0.676. The van der Waals surface area contributed by atoms with Crippen LogP contribution in [0.25, 0.3) is 0 Å². The Morgan fingerprint density at radius 1 is 1.22 bits per heavy atom. The van der Waals surface area contributed by atoms with E-state index in [9.17, 15) is 4.79 Å². The molecule has 3 heteroatoms. The highest BCUT2D eigenvalue weighted by molar-refractivity contribution is 5.60. The van der Waals surface area contributed by atoms with Crippen molar-refractivity contribution in [1.82, 2.24) is 0 Å². The molecule has 0 heterocycles. The van der Waals surface area contributed by atoms with Gasteiger partial charge in [-0.15, -0.1) is 0 Å². The van der Waals surface area contributed by atoms with Crippen LogP contribution in [-0.2, 0) is 16.1 Å². The van der Waals surface area contributed by atoms with Crippen LogP contribution in [-0.4, -0.2) is 12.3 Å². The van der Waals surface area contributed by atoms with Crippen LogP contribution in [0.2, 0.25) is 0 Å². The van der Waals surface area contributed by atoms with E-state index in [1.54, 1.807) is 0 Å². The number of hydrogen-bond donors (Lipinski definition) is 0. The summed E-state index contributed by atoms with van der Waals surface area (Å²) in [4.78, 5) is 11.5. The monoisotopic (exact) mass is 250 g/mol. The second-order valence-electron chi connectivity index (χ2n) is 4.31. The minimum Gasteiger partial charge on any atom is -0.431 e. The molecule has 0 aliphatic rings. The van der Waals surface area contributed by atoms with Crippen LogP contribution in [0, 0.1) is 0 Å². The molecule has 1 unspecified atom stereocenters. The molecule has 0 spiro atoms. The molecule has 100 valence electrons. The minimum atomic E-state index is -0.568. The van der Waals surface area contributed by atoms with Crippen molar-refractivity contribution in [3.63, 3.8) is 0 Å². The molecule has 1 atom stereocenters. The number of rotatable bonds is 7. The average molecular weight is 250 g/mol. The number of benzene rings is 1. The molecule has 0 radical (unpaired) electrons. The van der Waals surface area contributed by atoms with E-state index in [2.05, 4.69) is 6.92 Å². The summed E-state index contributed by atoms with van der Waals surface area (Å²) in [5.41, 5.74) is 0.969. The zero-order chi connectivity index (χ0) is 13.2. The van der Waals surface area contributed by atoms with E-state index in [0.717, 1.165) is 31.2 Å². The van der Waals surface area contributed by atoms with Gasteiger partial charge in [-0.05, 0) is 18.4 Å². The number of hydrogen-bond acceptors (Lipinski definition) is 3. The van der Waals surface area contributed by atoms with Gasteiger partial charge in [0, 0.05) is 0 Å². The molecule has 3 nitrogen and oxygen atoms in total. The Balaban J connectivity index is 2.28. The molecule has 1 aromatic rings. The lowest BCUT2D eigenvalue weighted by Gasteiger charge is -2.15. The van der Waals surface area contributed by atoms with E-state index in [4.69, 9.17) is 9.47 Å². The number of unbranched alkanes of at least 4 members (excludes halogenated alkanes) is 1. The van der Waals surface area contributed by atoms with E-state index in [1.165, 1.54) is 0 Å². The number of carbonyl (C=O) groups excluding carboxylic acids is 1. The van der Waals surface area contributed by atoms with E-state index in [1.807, 2.05) is 37.3 Å². The first-order chi connectivity index (χ1) is 8.76. The molecular formula is C15H22O3. The molecule has 0 aromatic heterocycles. The molecule has 0 amide bonds. The van der Waals surface area contributed by atoms with E-state index in [0.29, 0.717) is 0 Å². The van der Waals surface area contributed by atoms with Crippen molar-refractivity contribution in [3.8, 4) is 0 Å². The normalized spacial score (nSPS) is 11.9. The summed E-state index contributed by atoms with van der Waals surface area (Å²) in [6.07, 6.45) is 3.34. The molecule has 1 aromatic carbocycles. The lowest BCUT2D eigenvalue weighted by Crippen LogP contribution is -2.18. The molecule has 0 N–H and O–H groups in total. The highest BCUT2D eigenvalue weighted by Crippen LogP contribution is 2.10. The topological polar surface area (TPSA) is 35.5 Å². The summed E-state index contributed by atoms with van der Waals surface area (Å²) < 4.78 is 10.3. The standard InChI is InChI=1S/C15H22O3/c1-3-5-11-14(4-2)18-15(16)17-12-13-9-7-6-8-10-13/h6-10,14H,3-5,11-12H2,1-2H3. The van der Waals surface area contributed by atoms with Crippen LogP contribution in [0.5, 0.6) is 0 Å². The molecule has 0 saturated carbocycles. The Labute approximate surface area is 109 Å². The first-order valence-electron chi connectivity index (χ1n) is 6.63. The van der Waals surface area contributed by atoms with Crippen molar-refractivity contribution in [2.75, 3.05) is 0 Å². The Morgan fingerprint density at radius 3 is 2.56 bits per heavy atom. The lowest BCUT2D eigenvalue weighted by atomic mass is 10.1. The van der Waals surface area contributed by atoms with Crippen molar-refractivity contribution in [3.05, 3.63) is 35.9 Å². The van der Waals surface area contributed by atoms with Crippen molar-refractivity contribution >= 4 is 6.16 Å². The Kier molecular flexibility index (Phi) is 6.92. The van der Waals surface area contributed by atoms with Gasteiger partial charge in [0.25, 0.3) is 0 Å². The Bertz CT molecular complexity index is 335. The van der Waals surface area contributed by atoms with Gasteiger partial charge >= 0.3 is 6.16 Å². The van der Waals surface area contributed by atoms with E-state index >= 15 is 0 Å². The molecule has 1 rings (SSSR count). The summed E-state index contributed by atoms with van der Waals surface area (Å²) in [6.45, 7) is 4.41. The van der Waals surface area contributed by atoms with Gasteiger partial charge in [-0.3, -0.25) is 0 Å². The van der Waals surface area contributed by atoms with Gasteiger partial charge in [0.2, 0.25) is 0 Å². The lowest BCUT2D eigenvalue weighted by molar-refractivity contribution is 0.0145. The van der Waals surface area contributed by atoms with E-state index in [-0.39, 0.29) is 12.7 Å². The van der Waals surface area contributed by atoms with Gasteiger partial charge in [0.05, 0.1) is 0 Å². The molecule has 0 aliphatic heterocycles. The first kappa shape index (κ1) is 14.6. The van der Waals surface area contributed by atoms with Crippen LogP contribution >= 0.6 is 0 Å². The largest absolute Gasteiger partial charge is 0.508 e. The predicted molar refractivity (Wildman–Crippen MR) is 71.3 cm³/mol. The SMILES string of the molecule is CCCCC(CC)OC(=O)OCc1ccccc1. The second kappa shape index (κ2) is 8.56. The van der Waals surface area contributed by atoms with Crippen LogP contribution in [0.15, 0.2) is 30.3 Å². The average Bonchev–Trinajstić information content (AvgIpc) is 2.42. The molecule has 0 aliphatic carbocycles. The highest BCUT2D eigenvalue weighted by Gasteiger charge is 2.13. The summed E-state index contributed by atoms with van der Waals surface area (Å²) in [5.74, 6) is 0. The predicted octanol–water partition coefficient (Wildman–Crippen LogP) is 4.31. The number of carbonyl (C=O) groups is 1. The smallest absolute Gasteiger partial charge is 0.431 e. The third kappa shape index (κ3) is 5.71. The van der Waals surface area contributed by atoms with Gasteiger partial charge < -0.3 is 9.47 Å². The van der Waals surface area contributed by atoms with Crippen LogP contribution in [0.3, 0.4) is 0 Å². The van der Waals surface area contributed by atoms with Gasteiger partial charge in [-0.25, -0.2) is 4.79 Å². The summed E-state index contributed by atoms with van der Waals surface area (Å²) in [5, 5.41) is 0. The van der Waals surface area contributed by atoms with Gasteiger partial charge in [-0.2, -0.15) is 0 Å². The fourth-order valence-corrected chi connectivity index (χ4v) is 1.66. The molecule has 0 bridgehead atoms. The second-order valence-corrected chi connectivity index (χ2v) is 4.31. The maximum Gasteiger partial charge on any atom is 0.508 e. The van der Waals surface area contributed by atoms with Crippen LogP contribution in [0.4, 0.5) is 4.79 Å². The maximum absolute atomic E-state index is 11.5. The van der Waals surface area contributed by atoms with Crippen molar-refractivity contribution < 1.29 is 14.3 Å². The van der Waals surface area contributed by atoms with Gasteiger partial charge in [0.15, 0.2) is 0 Å².